The predicted molar refractivity (Wildman–Crippen MR) is 52.1 cm³/mol. The van der Waals surface area contributed by atoms with Crippen molar-refractivity contribution in [1.82, 2.24) is 0 Å². The minimum Gasteiger partial charge on any atom is -0.506 e. The van der Waals surface area contributed by atoms with Gasteiger partial charge in [-0.2, -0.15) is 0 Å². The fourth-order valence-corrected chi connectivity index (χ4v) is 2.23. The summed E-state index contributed by atoms with van der Waals surface area (Å²) in [6.07, 6.45) is 0. The van der Waals surface area contributed by atoms with Crippen LogP contribution in [-0.2, 0) is 9.84 Å². The zero-order valence-electron chi connectivity index (χ0n) is 7.93. The van der Waals surface area contributed by atoms with E-state index in [-0.39, 0.29) is 0 Å². The van der Waals surface area contributed by atoms with Gasteiger partial charge in [-0.3, -0.25) is 0 Å². The second-order valence-electron chi connectivity index (χ2n) is 3.22. The number of phenolic OH excluding ortho intramolecular Hbond substituents is 2. The maximum Gasteiger partial charge on any atom is 0.188 e. The topological polar surface area (TPSA) is 74.6 Å². The Morgan fingerprint density at radius 1 is 1.14 bits per heavy atom. The van der Waals surface area contributed by atoms with Gasteiger partial charge in [-0.1, -0.05) is 6.07 Å². The molecule has 0 aliphatic rings. The Kier molecular flexibility index (Phi) is 2.71. The Morgan fingerprint density at radius 3 is 1.93 bits per heavy atom. The molecule has 0 aromatic heterocycles. The highest BCUT2D eigenvalue weighted by molar-refractivity contribution is 7.92. The number of hydrogen-bond acceptors (Lipinski definition) is 4. The number of benzene rings is 1. The van der Waals surface area contributed by atoms with Crippen molar-refractivity contribution in [3.63, 3.8) is 0 Å². The van der Waals surface area contributed by atoms with Crippen LogP contribution in [0, 0.1) is 0 Å². The van der Waals surface area contributed by atoms with Gasteiger partial charge in [0.15, 0.2) is 14.7 Å². The third kappa shape index (κ3) is 1.68. The molecule has 0 bridgehead atoms. The first-order valence-corrected chi connectivity index (χ1v) is 5.67. The second kappa shape index (κ2) is 3.49. The van der Waals surface area contributed by atoms with Gasteiger partial charge in [0, 0.05) is 0 Å². The van der Waals surface area contributed by atoms with Gasteiger partial charge in [0.05, 0.1) is 5.25 Å². The second-order valence-corrected chi connectivity index (χ2v) is 5.66. The summed E-state index contributed by atoms with van der Waals surface area (Å²) in [5.74, 6) is -0.836. The average molecular weight is 216 g/mol. The molecule has 0 heterocycles. The molecule has 5 heteroatoms. The average Bonchev–Trinajstić information content (AvgIpc) is 2.02. The summed E-state index contributed by atoms with van der Waals surface area (Å²) in [5, 5.41) is 18.0. The zero-order chi connectivity index (χ0) is 10.9. The minimum atomic E-state index is -3.64. The van der Waals surface area contributed by atoms with Gasteiger partial charge in [0.1, 0.15) is 11.5 Å². The Bertz CT molecular complexity index is 414. The van der Waals surface area contributed by atoms with E-state index in [9.17, 15) is 18.6 Å². The van der Waals surface area contributed by atoms with Crippen LogP contribution < -0.4 is 0 Å². The van der Waals surface area contributed by atoms with E-state index in [1.54, 1.807) is 0 Å². The first kappa shape index (κ1) is 10.8. The van der Waals surface area contributed by atoms with E-state index in [1.165, 1.54) is 32.0 Å². The van der Waals surface area contributed by atoms with E-state index >= 15 is 0 Å². The number of aromatic hydroxyl groups is 2. The van der Waals surface area contributed by atoms with Crippen molar-refractivity contribution in [3.05, 3.63) is 18.2 Å². The number of hydrogen-bond donors (Lipinski definition) is 2. The smallest absolute Gasteiger partial charge is 0.188 e. The minimum absolute atomic E-state index is 0.394. The lowest BCUT2D eigenvalue weighted by molar-refractivity contribution is 0.422. The summed E-state index contributed by atoms with van der Waals surface area (Å²) in [5.41, 5.74) is 0. The van der Waals surface area contributed by atoms with Crippen LogP contribution in [0.25, 0.3) is 0 Å². The molecule has 78 valence electrons. The van der Waals surface area contributed by atoms with E-state index in [2.05, 4.69) is 0 Å². The van der Waals surface area contributed by atoms with Crippen LogP contribution in [-0.4, -0.2) is 23.9 Å². The number of sulfone groups is 1. The highest BCUT2D eigenvalue weighted by Gasteiger charge is 2.26. The number of rotatable bonds is 2. The summed E-state index contributed by atoms with van der Waals surface area (Å²) in [4.78, 5) is -0.394. The Hall–Kier alpha value is -1.23. The normalized spacial score (nSPS) is 11.9. The molecule has 1 aromatic carbocycles. The molecule has 0 radical (unpaired) electrons. The quantitative estimate of drug-likeness (QED) is 0.781. The highest BCUT2D eigenvalue weighted by atomic mass is 32.2. The van der Waals surface area contributed by atoms with Gasteiger partial charge in [-0.15, -0.1) is 0 Å². The lowest BCUT2D eigenvalue weighted by Gasteiger charge is -2.10. The molecule has 4 nitrogen and oxygen atoms in total. The molecule has 0 spiro atoms. The third-order valence-corrected chi connectivity index (χ3v) is 4.11. The van der Waals surface area contributed by atoms with Crippen molar-refractivity contribution in [1.29, 1.82) is 0 Å². The molecule has 0 amide bonds. The summed E-state index contributed by atoms with van der Waals surface area (Å²) in [7, 11) is -3.64. The van der Waals surface area contributed by atoms with Gasteiger partial charge < -0.3 is 10.2 Å². The SMILES string of the molecule is CC(C)S(=O)(=O)c1c(O)cccc1O. The lowest BCUT2D eigenvalue weighted by atomic mass is 10.3. The van der Waals surface area contributed by atoms with Gasteiger partial charge in [0.2, 0.25) is 0 Å². The van der Waals surface area contributed by atoms with Gasteiger partial charge in [-0.25, -0.2) is 8.42 Å². The molecule has 0 aliphatic heterocycles. The Labute approximate surface area is 82.7 Å². The van der Waals surface area contributed by atoms with Crippen molar-refractivity contribution in [2.24, 2.45) is 0 Å². The van der Waals surface area contributed by atoms with Crippen molar-refractivity contribution in [2.45, 2.75) is 24.0 Å². The van der Waals surface area contributed by atoms with Crippen LogP contribution in [0.3, 0.4) is 0 Å². The van der Waals surface area contributed by atoms with Crippen molar-refractivity contribution < 1.29 is 18.6 Å². The van der Waals surface area contributed by atoms with E-state index < -0.39 is 31.5 Å². The van der Waals surface area contributed by atoms with Crippen LogP contribution in [0.4, 0.5) is 0 Å². The molecular weight excluding hydrogens is 204 g/mol. The highest BCUT2D eigenvalue weighted by Crippen LogP contribution is 2.33. The molecule has 0 fully saturated rings. The monoisotopic (exact) mass is 216 g/mol. The van der Waals surface area contributed by atoms with Gasteiger partial charge >= 0.3 is 0 Å². The Morgan fingerprint density at radius 2 is 1.57 bits per heavy atom. The largest absolute Gasteiger partial charge is 0.506 e. The zero-order valence-corrected chi connectivity index (χ0v) is 8.75. The van der Waals surface area contributed by atoms with Crippen molar-refractivity contribution in [2.75, 3.05) is 0 Å². The molecule has 14 heavy (non-hydrogen) atoms. The van der Waals surface area contributed by atoms with Crippen molar-refractivity contribution in [3.8, 4) is 11.5 Å². The maximum atomic E-state index is 11.7. The van der Waals surface area contributed by atoms with E-state index in [4.69, 9.17) is 0 Å². The molecule has 1 aromatic rings. The van der Waals surface area contributed by atoms with Crippen LogP contribution in [0.15, 0.2) is 23.1 Å². The van der Waals surface area contributed by atoms with E-state index in [1.807, 2.05) is 0 Å². The standard InChI is InChI=1S/C9H12O4S/c1-6(2)14(12,13)9-7(10)4-3-5-8(9)11/h3-6,10-11H,1-2H3. The third-order valence-electron chi connectivity index (χ3n) is 1.88. The Balaban J connectivity index is 3.48. The summed E-state index contributed by atoms with van der Waals surface area (Å²) in [6, 6.07) is 3.84. The predicted octanol–water partition coefficient (Wildman–Crippen LogP) is 1.28. The van der Waals surface area contributed by atoms with Crippen LogP contribution >= 0.6 is 0 Å². The summed E-state index contributed by atoms with van der Waals surface area (Å²) >= 11 is 0. The summed E-state index contributed by atoms with van der Waals surface area (Å²) < 4.78 is 23.3. The molecule has 0 aliphatic carbocycles. The summed E-state index contributed by atoms with van der Waals surface area (Å²) in [6.45, 7) is 2.97. The molecule has 0 saturated heterocycles. The van der Waals surface area contributed by atoms with Gasteiger partial charge in [0.25, 0.3) is 0 Å². The van der Waals surface area contributed by atoms with Gasteiger partial charge in [-0.05, 0) is 26.0 Å². The lowest BCUT2D eigenvalue weighted by Crippen LogP contribution is -2.14. The molecule has 2 N–H and O–H groups in total. The van der Waals surface area contributed by atoms with Crippen LogP contribution in [0.2, 0.25) is 0 Å². The van der Waals surface area contributed by atoms with Crippen LogP contribution in [0.5, 0.6) is 11.5 Å². The molecular formula is C9H12O4S. The van der Waals surface area contributed by atoms with E-state index in [0.29, 0.717) is 0 Å². The van der Waals surface area contributed by atoms with Crippen LogP contribution in [0.1, 0.15) is 13.8 Å². The van der Waals surface area contributed by atoms with Crippen molar-refractivity contribution >= 4 is 9.84 Å². The number of phenols is 2. The molecule has 1 rings (SSSR count). The fraction of sp³-hybridized carbons (Fsp3) is 0.333. The molecule has 0 atom stereocenters. The molecule has 0 saturated carbocycles. The first-order chi connectivity index (χ1) is 6.37. The maximum absolute atomic E-state index is 11.7. The fourth-order valence-electron chi connectivity index (χ4n) is 1.04. The van der Waals surface area contributed by atoms with E-state index in [0.717, 1.165) is 0 Å². The molecule has 0 unspecified atom stereocenters. The first-order valence-electron chi connectivity index (χ1n) is 4.12.